The zero-order chi connectivity index (χ0) is 14.8. The number of nitrogens with one attached hydrogen (secondary N) is 1. The van der Waals surface area contributed by atoms with Crippen LogP contribution in [0.1, 0.15) is 42.9 Å². The summed E-state index contributed by atoms with van der Waals surface area (Å²) in [5.74, 6) is -0.957. The van der Waals surface area contributed by atoms with Gasteiger partial charge in [0.2, 0.25) is 0 Å². The van der Waals surface area contributed by atoms with Crippen molar-refractivity contribution < 1.29 is 14.7 Å². The van der Waals surface area contributed by atoms with Gasteiger partial charge in [0, 0.05) is 6.04 Å². The Bertz CT molecular complexity index is 554. The van der Waals surface area contributed by atoms with Crippen molar-refractivity contribution in [1.29, 1.82) is 0 Å². The van der Waals surface area contributed by atoms with Crippen molar-refractivity contribution in [3.05, 3.63) is 35.4 Å². The molecule has 0 spiro atoms. The highest BCUT2D eigenvalue weighted by Crippen LogP contribution is 2.31. The molecule has 3 rings (SSSR count). The van der Waals surface area contributed by atoms with E-state index >= 15 is 0 Å². The van der Waals surface area contributed by atoms with Crippen LogP contribution in [0.4, 0.5) is 4.79 Å². The minimum atomic E-state index is -0.957. The number of urea groups is 1. The Balaban J connectivity index is 1.71. The first-order chi connectivity index (χ1) is 10.1. The number of carbonyl (C=O) groups excluding carboxylic acids is 1. The van der Waals surface area contributed by atoms with Gasteiger partial charge in [-0.15, -0.1) is 0 Å². The summed E-state index contributed by atoms with van der Waals surface area (Å²) in [6.45, 7) is -0.217. The molecule has 0 aliphatic heterocycles. The summed E-state index contributed by atoms with van der Waals surface area (Å²) in [4.78, 5) is 24.8. The number of aliphatic carboxylic acids is 1. The number of rotatable bonds is 4. The van der Waals surface area contributed by atoms with Crippen molar-refractivity contribution in [2.75, 3.05) is 6.54 Å². The second-order valence-corrected chi connectivity index (χ2v) is 5.85. The monoisotopic (exact) mass is 288 g/mol. The molecular formula is C16H20N2O3. The van der Waals surface area contributed by atoms with Crippen molar-refractivity contribution in [1.82, 2.24) is 10.2 Å². The van der Waals surface area contributed by atoms with Gasteiger partial charge in [0.25, 0.3) is 0 Å². The summed E-state index contributed by atoms with van der Waals surface area (Å²) in [5.41, 5.74) is 2.45. The van der Waals surface area contributed by atoms with E-state index in [1.54, 1.807) is 0 Å². The second kappa shape index (κ2) is 5.76. The van der Waals surface area contributed by atoms with Crippen molar-refractivity contribution in [2.24, 2.45) is 0 Å². The van der Waals surface area contributed by atoms with Gasteiger partial charge in [-0.3, -0.25) is 4.79 Å². The molecule has 1 fully saturated rings. The molecule has 112 valence electrons. The van der Waals surface area contributed by atoms with E-state index < -0.39 is 5.97 Å². The van der Waals surface area contributed by atoms with Gasteiger partial charge in [-0.1, -0.05) is 24.3 Å². The topological polar surface area (TPSA) is 69.6 Å². The number of carboxylic acids is 1. The Morgan fingerprint density at radius 3 is 2.71 bits per heavy atom. The average molecular weight is 288 g/mol. The molecule has 0 heterocycles. The van der Waals surface area contributed by atoms with Gasteiger partial charge in [0.1, 0.15) is 6.54 Å². The van der Waals surface area contributed by atoms with Crippen LogP contribution < -0.4 is 5.32 Å². The maximum Gasteiger partial charge on any atom is 0.323 e. The number of nitrogens with zero attached hydrogens (tertiary/aromatic N) is 1. The molecule has 2 aliphatic carbocycles. The van der Waals surface area contributed by atoms with E-state index in [1.165, 1.54) is 16.0 Å². The number of hydrogen-bond acceptors (Lipinski definition) is 2. The molecule has 1 aromatic rings. The van der Waals surface area contributed by atoms with Gasteiger partial charge in [-0.2, -0.15) is 0 Å². The smallest absolute Gasteiger partial charge is 0.323 e. The molecule has 0 radical (unpaired) electrons. The lowest BCUT2D eigenvalue weighted by Gasteiger charge is -2.29. The van der Waals surface area contributed by atoms with E-state index in [2.05, 4.69) is 17.4 Å². The predicted molar refractivity (Wildman–Crippen MR) is 78.0 cm³/mol. The normalized spacial score (nSPS) is 20.5. The highest BCUT2D eigenvalue weighted by molar-refractivity contribution is 5.81. The van der Waals surface area contributed by atoms with Crippen molar-refractivity contribution in [3.63, 3.8) is 0 Å². The third-order valence-electron chi connectivity index (χ3n) is 4.22. The summed E-state index contributed by atoms with van der Waals surface area (Å²) in [6.07, 6.45) is 4.81. The number of hydrogen-bond donors (Lipinski definition) is 2. The lowest BCUT2D eigenvalue weighted by molar-refractivity contribution is -0.137. The summed E-state index contributed by atoms with van der Waals surface area (Å²) in [5, 5.41) is 12.0. The molecule has 2 aliphatic rings. The highest BCUT2D eigenvalue weighted by atomic mass is 16.4. The number of benzene rings is 1. The molecule has 1 saturated carbocycles. The van der Waals surface area contributed by atoms with Gasteiger partial charge >= 0.3 is 12.0 Å². The fourth-order valence-electron chi connectivity index (χ4n) is 3.03. The van der Waals surface area contributed by atoms with Crippen LogP contribution in [-0.4, -0.2) is 34.6 Å². The Kier molecular flexibility index (Phi) is 3.82. The van der Waals surface area contributed by atoms with Crippen molar-refractivity contribution >= 4 is 12.0 Å². The largest absolute Gasteiger partial charge is 0.480 e. The molecular weight excluding hydrogens is 268 g/mol. The lowest BCUT2D eigenvalue weighted by atomic mass is 9.88. The Labute approximate surface area is 123 Å². The van der Waals surface area contributed by atoms with Crippen molar-refractivity contribution in [2.45, 2.75) is 44.2 Å². The molecule has 2 N–H and O–H groups in total. The Morgan fingerprint density at radius 2 is 2.00 bits per heavy atom. The summed E-state index contributed by atoms with van der Waals surface area (Å²) in [6, 6.07) is 8.00. The number of carbonyl (C=O) groups is 2. The zero-order valence-corrected chi connectivity index (χ0v) is 11.9. The molecule has 2 amide bonds. The average Bonchev–Trinajstić information content (AvgIpc) is 3.29. The fraction of sp³-hybridized carbons (Fsp3) is 0.500. The molecule has 21 heavy (non-hydrogen) atoms. The van der Waals surface area contributed by atoms with Gasteiger partial charge in [-0.25, -0.2) is 4.79 Å². The lowest BCUT2D eigenvalue weighted by Crippen LogP contribution is -2.45. The van der Waals surface area contributed by atoms with Crippen LogP contribution in [0.3, 0.4) is 0 Å². The molecule has 0 bridgehead atoms. The Morgan fingerprint density at radius 1 is 1.24 bits per heavy atom. The van der Waals surface area contributed by atoms with E-state index in [9.17, 15) is 9.59 Å². The zero-order valence-electron chi connectivity index (χ0n) is 11.9. The molecule has 5 nitrogen and oxygen atoms in total. The number of aryl methyl sites for hydroxylation is 1. The minimum Gasteiger partial charge on any atom is -0.480 e. The van der Waals surface area contributed by atoms with Crippen LogP contribution >= 0.6 is 0 Å². The van der Waals surface area contributed by atoms with Crippen LogP contribution in [0, 0.1) is 0 Å². The van der Waals surface area contributed by atoms with Crippen LogP contribution in [0.25, 0.3) is 0 Å². The number of amides is 2. The van der Waals surface area contributed by atoms with Crippen LogP contribution in [0.15, 0.2) is 24.3 Å². The van der Waals surface area contributed by atoms with Gasteiger partial charge < -0.3 is 15.3 Å². The first-order valence-corrected chi connectivity index (χ1v) is 7.52. The van der Waals surface area contributed by atoms with E-state index in [0.29, 0.717) is 0 Å². The van der Waals surface area contributed by atoms with Crippen LogP contribution in [-0.2, 0) is 11.2 Å². The third-order valence-corrected chi connectivity index (χ3v) is 4.22. The predicted octanol–water partition coefficient (Wildman–Crippen LogP) is 2.32. The molecule has 1 atom stereocenters. The maximum absolute atomic E-state index is 12.4. The van der Waals surface area contributed by atoms with Crippen LogP contribution in [0.2, 0.25) is 0 Å². The van der Waals surface area contributed by atoms with Gasteiger partial charge in [0.15, 0.2) is 0 Å². The van der Waals surface area contributed by atoms with Gasteiger partial charge in [-0.05, 0) is 43.2 Å². The molecule has 5 heteroatoms. The molecule has 1 aromatic carbocycles. The standard InChI is InChI=1S/C16H20N2O3/c19-15(20)10-18(12-8-9-12)16(21)17-14-7-3-5-11-4-1-2-6-13(11)14/h1-2,4,6,12,14H,3,5,7-10H2,(H,17,21)(H,19,20). The highest BCUT2D eigenvalue weighted by Gasteiger charge is 2.35. The van der Waals surface area contributed by atoms with Crippen LogP contribution in [0.5, 0.6) is 0 Å². The first-order valence-electron chi connectivity index (χ1n) is 7.52. The quantitative estimate of drug-likeness (QED) is 0.893. The van der Waals surface area contributed by atoms with Crippen molar-refractivity contribution in [3.8, 4) is 0 Å². The summed E-state index contributed by atoms with van der Waals surface area (Å²) >= 11 is 0. The summed E-state index contributed by atoms with van der Waals surface area (Å²) in [7, 11) is 0. The maximum atomic E-state index is 12.4. The number of fused-ring (bicyclic) bond motifs is 1. The second-order valence-electron chi connectivity index (χ2n) is 5.85. The van der Waals surface area contributed by atoms with E-state index in [0.717, 1.165) is 32.1 Å². The Hall–Kier alpha value is -2.04. The fourth-order valence-corrected chi connectivity index (χ4v) is 3.03. The van der Waals surface area contributed by atoms with E-state index in [4.69, 9.17) is 5.11 Å². The molecule has 0 saturated heterocycles. The SMILES string of the molecule is O=C(O)CN(C(=O)NC1CCCc2ccccc21)C1CC1. The number of carboxylic acid groups (broad SMARTS) is 1. The van der Waals surface area contributed by atoms with Gasteiger partial charge in [0.05, 0.1) is 6.04 Å². The third kappa shape index (κ3) is 3.17. The molecule has 1 unspecified atom stereocenters. The first kappa shape index (κ1) is 13.9. The minimum absolute atomic E-state index is 0.00232. The van der Waals surface area contributed by atoms with E-state index in [-0.39, 0.29) is 24.7 Å². The summed E-state index contributed by atoms with van der Waals surface area (Å²) < 4.78 is 0. The molecule has 0 aromatic heterocycles. The van der Waals surface area contributed by atoms with E-state index in [1.807, 2.05) is 12.1 Å².